The van der Waals surface area contributed by atoms with E-state index in [1.165, 1.54) is 0 Å². The van der Waals surface area contributed by atoms with Crippen molar-refractivity contribution in [3.63, 3.8) is 0 Å². The number of hydrogen-bond acceptors (Lipinski definition) is 5. The van der Waals surface area contributed by atoms with E-state index in [0.717, 1.165) is 0 Å². The number of piperidine rings is 1. The van der Waals surface area contributed by atoms with Gasteiger partial charge in [-0.15, -0.1) is 0 Å². The Morgan fingerprint density at radius 3 is 2.73 bits per heavy atom. The van der Waals surface area contributed by atoms with Crippen LogP contribution in [0.3, 0.4) is 0 Å². The lowest BCUT2D eigenvalue weighted by Crippen LogP contribution is -2.43. The topological polar surface area (TPSA) is 81.2 Å². The molecular weight excluding hydrogens is 346 g/mol. The molecule has 0 N–H and O–H groups in total. The summed E-state index contributed by atoms with van der Waals surface area (Å²) in [6, 6.07) is 3.16. The van der Waals surface area contributed by atoms with Gasteiger partial charge >= 0.3 is 6.43 Å². The monoisotopic (exact) mass is 364 g/mol. The van der Waals surface area contributed by atoms with Gasteiger partial charge in [0.05, 0.1) is 5.69 Å². The molecule has 2 aliphatic rings. The Balaban J connectivity index is 1.41. The third-order valence-corrected chi connectivity index (χ3v) is 5.15. The summed E-state index contributed by atoms with van der Waals surface area (Å²) in [4.78, 5) is 30.3. The summed E-state index contributed by atoms with van der Waals surface area (Å²) >= 11 is 0. The summed E-state index contributed by atoms with van der Waals surface area (Å²) in [7, 11) is 0. The molecule has 1 atom stereocenters. The summed E-state index contributed by atoms with van der Waals surface area (Å²) in [6.07, 6.45) is 1.06. The Hall–Kier alpha value is -2.58. The van der Waals surface area contributed by atoms with Gasteiger partial charge < -0.3 is 14.0 Å². The fraction of sp³-hybridized carbons (Fsp3) is 0.529. The molecule has 4 heterocycles. The lowest BCUT2D eigenvalue weighted by molar-refractivity contribution is -0.136. The maximum Gasteiger partial charge on any atom is 0.315 e. The van der Waals surface area contributed by atoms with Crippen molar-refractivity contribution in [1.82, 2.24) is 19.6 Å². The molecule has 0 aromatic carbocycles. The first-order chi connectivity index (χ1) is 12.5. The number of amides is 1. The minimum atomic E-state index is -2.78. The molecule has 7 nitrogen and oxygen atoms in total. The Kier molecular flexibility index (Phi) is 4.29. The zero-order valence-electron chi connectivity index (χ0n) is 14.0. The minimum absolute atomic E-state index is 0.00483. The van der Waals surface area contributed by atoms with Crippen LogP contribution in [0, 0.1) is 0 Å². The van der Waals surface area contributed by atoms with Gasteiger partial charge in [-0.1, -0.05) is 5.16 Å². The highest BCUT2D eigenvalue weighted by Crippen LogP contribution is 2.31. The summed E-state index contributed by atoms with van der Waals surface area (Å²) < 4.78 is 31.5. The van der Waals surface area contributed by atoms with Crippen molar-refractivity contribution >= 4 is 11.7 Å². The Morgan fingerprint density at radius 2 is 2.04 bits per heavy atom. The van der Waals surface area contributed by atoms with Gasteiger partial charge in [0.2, 0.25) is 5.91 Å². The van der Waals surface area contributed by atoms with Crippen LogP contribution in [-0.2, 0) is 4.79 Å². The van der Waals surface area contributed by atoms with Gasteiger partial charge in [-0.3, -0.25) is 9.59 Å². The number of nitrogens with zero attached hydrogens (tertiary/aromatic N) is 4. The van der Waals surface area contributed by atoms with Gasteiger partial charge in [0.15, 0.2) is 11.6 Å². The number of Topliss-reactive ketones (excluding diaryl/α,β-unsaturated/α-hetero) is 1. The third kappa shape index (κ3) is 2.91. The fourth-order valence-electron chi connectivity index (χ4n) is 3.75. The fourth-order valence-corrected chi connectivity index (χ4v) is 3.75. The molecule has 26 heavy (non-hydrogen) atoms. The Labute approximate surface area is 148 Å². The molecule has 138 valence electrons. The molecule has 0 spiro atoms. The quantitative estimate of drug-likeness (QED) is 0.836. The number of rotatable bonds is 3. The number of alkyl halides is 2. The number of aromatic nitrogens is 3. The molecule has 9 heteroatoms. The van der Waals surface area contributed by atoms with Crippen molar-refractivity contribution in [2.24, 2.45) is 0 Å². The van der Waals surface area contributed by atoms with Crippen molar-refractivity contribution in [3.8, 4) is 0 Å². The maximum absolute atomic E-state index is 12.9. The van der Waals surface area contributed by atoms with E-state index >= 15 is 0 Å². The molecule has 1 amide bonds. The van der Waals surface area contributed by atoms with Crippen LogP contribution < -0.4 is 0 Å². The number of hydrogen-bond donors (Lipinski definition) is 0. The minimum Gasteiger partial charge on any atom is -0.341 e. The lowest BCUT2D eigenvalue weighted by Gasteiger charge is -2.35. The van der Waals surface area contributed by atoms with Crippen LogP contribution >= 0.6 is 0 Å². The van der Waals surface area contributed by atoms with Gasteiger partial charge in [0, 0.05) is 31.6 Å². The van der Waals surface area contributed by atoms with E-state index in [4.69, 9.17) is 0 Å². The smallest absolute Gasteiger partial charge is 0.315 e. The highest BCUT2D eigenvalue weighted by molar-refractivity contribution is 5.97. The summed E-state index contributed by atoms with van der Waals surface area (Å²) in [5.41, 5.74) is 0.579. The van der Waals surface area contributed by atoms with Crippen LogP contribution in [-0.4, -0.2) is 44.4 Å². The Morgan fingerprint density at radius 1 is 1.27 bits per heavy atom. The molecule has 2 aromatic heterocycles. The van der Waals surface area contributed by atoms with Gasteiger partial charge in [-0.2, -0.15) is 13.8 Å². The summed E-state index contributed by atoms with van der Waals surface area (Å²) in [6.45, 7) is 1.01. The zero-order valence-corrected chi connectivity index (χ0v) is 14.0. The zero-order chi connectivity index (χ0) is 18.3. The third-order valence-electron chi connectivity index (χ3n) is 5.15. The number of carbonyl (C=O) groups excluding carboxylic acids is 2. The van der Waals surface area contributed by atoms with E-state index in [2.05, 4.69) is 14.7 Å². The van der Waals surface area contributed by atoms with Crippen molar-refractivity contribution in [2.75, 3.05) is 13.1 Å². The molecule has 1 saturated heterocycles. The van der Waals surface area contributed by atoms with Crippen molar-refractivity contribution in [3.05, 3.63) is 35.7 Å². The Bertz CT molecular complexity index is 824. The largest absolute Gasteiger partial charge is 0.341 e. The van der Waals surface area contributed by atoms with Gasteiger partial charge in [0.1, 0.15) is 6.04 Å². The summed E-state index contributed by atoms with van der Waals surface area (Å²) in [5, 5.41) is 3.64. The van der Waals surface area contributed by atoms with Crippen molar-refractivity contribution < 1.29 is 22.9 Å². The number of carbonyl (C=O) groups is 2. The molecule has 2 aromatic rings. The molecule has 0 radical (unpaired) electrons. The van der Waals surface area contributed by atoms with Gasteiger partial charge in [-0.25, -0.2) is 0 Å². The number of likely N-dealkylation sites (tertiary alicyclic amines) is 1. The molecular formula is C17H18F2N4O3. The summed E-state index contributed by atoms with van der Waals surface area (Å²) in [5.74, 6) is -0.418. The molecule has 1 fully saturated rings. The SMILES string of the molecule is O=C1CC[C@@H](C(=O)N2CCC(c3noc(C(F)F)n3)CC2)n2cccc21. The molecule has 4 rings (SSSR count). The first kappa shape index (κ1) is 16.9. The van der Waals surface area contributed by atoms with E-state index in [1.807, 2.05) is 0 Å². The highest BCUT2D eigenvalue weighted by atomic mass is 19.3. The number of halogens is 2. The van der Waals surface area contributed by atoms with Crippen LogP contribution in [0.4, 0.5) is 8.78 Å². The van der Waals surface area contributed by atoms with E-state index in [1.54, 1.807) is 27.8 Å². The molecule has 2 aliphatic heterocycles. The van der Waals surface area contributed by atoms with Gasteiger partial charge in [-0.05, 0) is 31.4 Å². The second kappa shape index (κ2) is 6.62. The average molecular weight is 364 g/mol. The second-order valence-electron chi connectivity index (χ2n) is 6.67. The molecule has 0 unspecified atom stereocenters. The molecule has 0 bridgehead atoms. The predicted octanol–water partition coefficient (Wildman–Crippen LogP) is 2.73. The van der Waals surface area contributed by atoms with Crippen molar-refractivity contribution in [2.45, 2.75) is 44.1 Å². The first-order valence-corrected chi connectivity index (χ1v) is 8.65. The van der Waals surface area contributed by atoms with Crippen LogP contribution in [0.5, 0.6) is 0 Å². The van der Waals surface area contributed by atoms with Crippen LogP contribution in [0.15, 0.2) is 22.9 Å². The first-order valence-electron chi connectivity index (χ1n) is 8.65. The van der Waals surface area contributed by atoms with E-state index in [9.17, 15) is 18.4 Å². The van der Waals surface area contributed by atoms with Crippen molar-refractivity contribution in [1.29, 1.82) is 0 Å². The van der Waals surface area contributed by atoms with E-state index in [0.29, 0.717) is 44.5 Å². The van der Waals surface area contributed by atoms with E-state index in [-0.39, 0.29) is 29.5 Å². The van der Waals surface area contributed by atoms with Crippen LogP contribution in [0.25, 0.3) is 0 Å². The molecule has 0 saturated carbocycles. The normalized spacial score (nSPS) is 21.3. The second-order valence-corrected chi connectivity index (χ2v) is 6.67. The maximum atomic E-state index is 12.9. The van der Waals surface area contributed by atoms with E-state index < -0.39 is 12.3 Å². The standard InChI is InChI=1S/C17H18F2N4O3/c18-14(19)16-20-15(21-26-16)10-5-8-22(9-6-10)17(25)12-3-4-13(24)11-2-1-7-23(11)12/h1-2,7,10,12,14H,3-6,8-9H2/t12-/m0/s1. The number of fused-ring (bicyclic) bond motifs is 1. The predicted molar refractivity (Wildman–Crippen MR) is 84.8 cm³/mol. The van der Waals surface area contributed by atoms with Crippen LogP contribution in [0.1, 0.15) is 66.3 Å². The average Bonchev–Trinajstić information content (AvgIpc) is 3.32. The van der Waals surface area contributed by atoms with Crippen LogP contribution in [0.2, 0.25) is 0 Å². The highest BCUT2D eigenvalue weighted by Gasteiger charge is 2.35. The molecule has 0 aliphatic carbocycles. The number of ketones is 1. The lowest BCUT2D eigenvalue weighted by atomic mass is 9.94. The van der Waals surface area contributed by atoms with Gasteiger partial charge in [0.25, 0.3) is 5.89 Å².